The molecule has 0 unspecified atom stereocenters. The van der Waals surface area contributed by atoms with Gasteiger partial charge in [0.05, 0.1) is 5.69 Å². The molecule has 2 amide bonds. The highest BCUT2D eigenvalue weighted by atomic mass is 35.5. The third-order valence-electron chi connectivity index (χ3n) is 4.72. The second-order valence-electron chi connectivity index (χ2n) is 10.2. The van der Waals surface area contributed by atoms with Crippen LogP contribution in [0, 0.1) is 0 Å². The summed E-state index contributed by atoms with van der Waals surface area (Å²) in [5.41, 5.74) is 0.632. The molecule has 2 aromatic rings. The number of carbonyl (C=O) groups excluding carboxylic acids is 3. The number of benzene rings is 1. The Bertz CT molecular complexity index is 1060. The molecule has 1 fully saturated rings. The van der Waals surface area contributed by atoms with Crippen LogP contribution in [-0.2, 0) is 16.0 Å². The van der Waals surface area contributed by atoms with Gasteiger partial charge in [-0.3, -0.25) is 10.1 Å². The number of aromatic nitrogens is 2. The Morgan fingerprint density at radius 3 is 2.15 bits per heavy atom. The SMILES string of the molecule is CC(C)(C)OC(=O)Nc1cc(-c2ccc(CN(C(=O)Cl)C3CC3)cc2)nn1C(=O)OC(C)(C)C. The van der Waals surface area contributed by atoms with Gasteiger partial charge < -0.3 is 14.4 Å². The van der Waals surface area contributed by atoms with Crippen molar-refractivity contribution in [2.45, 2.75) is 78.2 Å². The number of amides is 2. The van der Waals surface area contributed by atoms with E-state index in [9.17, 15) is 14.4 Å². The van der Waals surface area contributed by atoms with Gasteiger partial charge in [-0.25, -0.2) is 9.59 Å². The van der Waals surface area contributed by atoms with Crippen LogP contribution in [0.2, 0.25) is 0 Å². The highest BCUT2D eigenvalue weighted by Gasteiger charge is 2.31. The van der Waals surface area contributed by atoms with E-state index in [4.69, 9.17) is 21.1 Å². The van der Waals surface area contributed by atoms with Crippen LogP contribution in [0.15, 0.2) is 30.3 Å². The number of hydrogen-bond donors (Lipinski definition) is 1. The van der Waals surface area contributed by atoms with Crippen molar-refractivity contribution in [1.82, 2.24) is 14.7 Å². The Balaban J connectivity index is 1.85. The molecule has 0 radical (unpaired) electrons. The molecule has 1 aliphatic rings. The molecule has 0 saturated heterocycles. The molecule has 34 heavy (non-hydrogen) atoms. The maximum Gasteiger partial charge on any atom is 0.437 e. The average Bonchev–Trinajstić information content (AvgIpc) is 3.43. The molecule has 0 bridgehead atoms. The topological polar surface area (TPSA) is 103 Å². The highest BCUT2D eigenvalue weighted by Crippen LogP contribution is 2.30. The van der Waals surface area contributed by atoms with Crippen LogP contribution < -0.4 is 5.32 Å². The van der Waals surface area contributed by atoms with Gasteiger partial charge in [0.2, 0.25) is 0 Å². The fraction of sp³-hybridized carbons (Fsp3) is 0.500. The van der Waals surface area contributed by atoms with Crippen LogP contribution in [0.1, 0.15) is 59.9 Å². The molecule has 3 rings (SSSR count). The number of anilines is 1. The van der Waals surface area contributed by atoms with Gasteiger partial charge >= 0.3 is 17.6 Å². The van der Waals surface area contributed by atoms with E-state index < -0.39 is 28.8 Å². The standard InChI is InChI=1S/C24H31ClN4O5/c1-23(2,3)33-21(31)26-19-13-18(27-29(19)22(32)34-24(4,5)6)16-9-7-15(8-10-16)14-28(20(25)30)17-11-12-17/h7-10,13,17H,11-12,14H2,1-6H3,(H,26,31). The summed E-state index contributed by atoms with van der Waals surface area (Å²) < 4.78 is 11.7. The lowest BCUT2D eigenvalue weighted by molar-refractivity contribution is 0.0518. The predicted molar refractivity (Wildman–Crippen MR) is 129 cm³/mol. The second kappa shape index (κ2) is 9.66. The van der Waals surface area contributed by atoms with E-state index in [1.54, 1.807) is 52.5 Å². The lowest BCUT2D eigenvalue weighted by atomic mass is 10.1. The molecule has 10 heteroatoms. The van der Waals surface area contributed by atoms with E-state index in [2.05, 4.69) is 10.4 Å². The van der Waals surface area contributed by atoms with Crippen molar-refractivity contribution in [1.29, 1.82) is 0 Å². The van der Waals surface area contributed by atoms with Crippen LogP contribution in [0.3, 0.4) is 0 Å². The number of carbonyl (C=O) groups is 3. The minimum absolute atomic E-state index is 0.121. The molecule has 184 valence electrons. The molecule has 9 nitrogen and oxygen atoms in total. The Labute approximate surface area is 204 Å². The van der Waals surface area contributed by atoms with Gasteiger partial charge in [0, 0.05) is 24.2 Å². The first-order chi connectivity index (χ1) is 15.7. The zero-order valence-corrected chi connectivity index (χ0v) is 21.1. The summed E-state index contributed by atoms with van der Waals surface area (Å²) in [4.78, 5) is 38.4. The van der Waals surface area contributed by atoms with E-state index in [1.165, 1.54) is 0 Å². The molecule has 1 heterocycles. The molecule has 0 spiro atoms. The fourth-order valence-electron chi connectivity index (χ4n) is 3.16. The van der Waals surface area contributed by atoms with Crippen molar-refractivity contribution in [2.24, 2.45) is 0 Å². The molecular formula is C24H31ClN4O5. The third-order valence-corrected chi connectivity index (χ3v) is 4.94. The van der Waals surface area contributed by atoms with Gasteiger partial charge in [-0.05, 0) is 71.5 Å². The van der Waals surface area contributed by atoms with E-state index in [1.807, 2.05) is 24.3 Å². The van der Waals surface area contributed by atoms with Crippen LogP contribution >= 0.6 is 11.6 Å². The summed E-state index contributed by atoms with van der Waals surface area (Å²) in [5, 5.41) is 6.47. The molecule has 0 aliphatic heterocycles. The van der Waals surface area contributed by atoms with Crippen molar-refractivity contribution >= 4 is 35.0 Å². The summed E-state index contributed by atoms with van der Waals surface area (Å²) in [6.07, 6.45) is 0.477. The van der Waals surface area contributed by atoms with Gasteiger partial charge in [-0.2, -0.15) is 5.10 Å². The molecule has 1 N–H and O–H groups in total. The zero-order valence-electron chi connectivity index (χ0n) is 20.3. The Morgan fingerprint density at radius 2 is 1.65 bits per heavy atom. The number of halogens is 1. The quantitative estimate of drug-likeness (QED) is 0.407. The fourth-order valence-corrected chi connectivity index (χ4v) is 3.36. The maximum atomic E-state index is 12.7. The Hall–Kier alpha value is -3.07. The van der Waals surface area contributed by atoms with Crippen LogP contribution in [0.25, 0.3) is 11.3 Å². The molecular weight excluding hydrogens is 460 g/mol. The summed E-state index contributed by atoms with van der Waals surface area (Å²) in [5.74, 6) is 0.121. The maximum absolute atomic E-state index is 12.7. The van der Waals surface area contributed by atoms with Crippen molar-refractivity contribution in [3.05, 3.63) is 35.9 Å². The van der Waals surface area contributed by atoms with Crippen molar-refractivity contribution < 1.29 is 23.9 Å². The van der Waals surface area contributed by atoms with Crippen molar-refractivity contribution in [3.8, 4) is 11.3 Å². The second-order valence-corrected chi connectivity index (χ2v) is 10.6. The molecule has 1 saturated carbocycles. The lowest BCUT2D eigenvalue weighted by Crippen LogP contribution is -2.31. The summed E-state index contributed by atoms with van der Waals surface area (Å²) in [6.45, 7) is 10.9. The van der Waals surface area contributed by atoms with E-state index in [0.29, 0.717) is 17.8 Å². The normalized spacial score (nSPS) is 13.9. The largest absolute Gasteiger partial charge is 0.444 e. The van der Waals surface area contributed by atoms with Gasteiger partial charge in [0.25, 0.3) is 0 Å². The van der Waals surface area contributed by atoms with Crippen molar-refractivity contribution in [3.63, 3.8) is 0 Å². The van der Waals surface area contributed by atoms with E-state index in [0.717, 1.165) is 23.1 Å². The molecule has 0 atom stereocenters. The van der Waals surface area contributed by atoms with Gasteiger partial charge in [0.1, 0.15) is 17.0 Å². The molecule has 1 aromatic carbocycles. The monoisotopic (exact) mass is 490 g/mol. The zero-order chi connectivity index (χ0) is 25.3. The number of nitrogens with one attached hydrogen (secondary N) is 1. The summed E-state index contributed by atoms with van der Waals surface area (Å²) in [7, 11) is 0. The van der Waals surface area contributed by atoms with Gasteiger partial charge in [-0.15, -0.1) is 4.68 Å². The minimum atomic E-state index is -0.749. The Kier molecular flexibility index (Phi) is 7.26. The number of nitrogens with zero attached hydrogens (tertiary/aromatic N) is 3. The van der Waals surface area contributed by atoms with Gasteiger partial charge in [0.15, 0.2) is 0 Å². The van der Waals surface area contributed by atoms with Gasteiger partial charge in [-0.1, -0.05) is 24.3 Å². The minimum Gasteiger partial charge on any atom is -0.444 e. The number of ether oxygens (including phenoxy) is 2. The first kappa shape index (κ1) is 25.6. The number of rotatable bonds is 5. The van der Waals surface area contributed by atoms with E-state index >= 15 is 0 Å². The molecule has 1 aromatic heterocycles. The first-order valence-electron chi connectivity index (χ1n) is 11.1. The predicted octanol–water partition coefficient (Wildman–Crippen LogP) is 6.00. The van der Waals surface area contributed by atoms with Crippen LogP contribution in [-0.4, -0.2) is 49.5 Å². The summed E-state index contributed by atoms with van der Waals surface area (Å²) >= 11 is 5.72. The number of hydrogen-bond acceptors (Lipinski definition) is 6. The van der Waals surface area contributed by atoms with E-state index in [-0.39, 0.29) is 11.9 Å². The third kappa shape index (κ3) is 7.21. The van der Waals surface area contributed by atoms with Crippen LogP contribution in [0.4, 0.5) is 20.2 Å². The molecule has 1 aliphatic carbocycles. The van der Waals surface area contributed by atoms with Crippen LogP contribution in [0.5, 0.6) is 0 Å². The lowest BCUT2D eigenvalue weighted by Gasteiger charge is -2.21. The van der Waals surface area contributed by atoms with Crippen molar-refractivity contribution in [2.75, 3.05) is 5.32 Å². The summed E-state index contributed by atoms with van der Waals surface area (Å²) in [6, 6.07) is 9.18. The smallest absolute Gasteiger partial charge is 0.437 e. The first-order valence-corrected chi connectivity index (χ1v) is 11.5. The Morgan fingerprint density at radius 1 is 1.06 bits per heavy atom. The highest BCUT2D eigenvalue weighted by molar-refractivity contribution is 6.62. The average molecular weight is 491 g/mol.